The zero-order chi connectivity index (χ0) is 15.4. The van der Waals surface area contributed by atoms with Crippen molar-refractivity contribution in [2.45, 2.75) is 13.8 Å². The molecule has 0 fully saturated rings. The number of carbonyl (C=O) groups excluding carboxylic acids is 1. The van der Waals surface area contributed by atoms with E-state index in [1.165, 1.54) is 0 Å². The number of hydrogen-bond acceptors (Lipinski definition) is 3. The van der Waals surface area contributed by atoms with Crippen LogP contribution in [0.1, 0.15) is 23.0 Å². The van der Waals surface area contributed by atoms with Crippen LogP contribution in [0.5, 0.6) is 0 Å². The number of rotatable bonds is 4. The van der Waals surface area contributed by atoms with E-state index in [1.807, 2.05) is 26.0 Å². The van der Waals surface area contributed by atoms with Gasteiger partial charge in [-0.2, -0.15) is 0 Å². The minimum Gasteiger partial charge on any atom is -0.385 e. The van der Waals surface area contributed by atoms with Crippen LogP contribution in [-0.2, 0) is 0 Å². The fourth-order valence-corrected chi connectivity index (χ4v) is 2.76. The molecule has 1 heterocycles. The van der Waals surface area contributed by atoms with Gasteiger partial charge in [-0.05, 0) is 60.7 Å². The Balaban J connectivity index is 2.28. The van der Waals surface area contributed by atoms with E-state index in [-0.39, 0.29) is 5.91 Å². The second-order valence-electron chi connectivity index (χ2n) is 4.48. The average molecular weight is 416 g/mol. The summed E-state index contributed by atoms with van der Waals surface area (Å²) in [5.74, 6) is -0.235. The number of amides is 1. The van der Waals surface area contributed by atoms with Gasteiger partial charge in [0.25, 0.3) is 5.91 Å². The van der Waals surface area contributed by atoms with Crippen LogP contribution in [-0.4, -0.2) is 17.4 Å². The van der Waals surface area contributed by atoms with Gasteiger partial charge in [-0.15, -0.1) is 0 Å². The lowest BCUT2D eigenvalue weighted by Crippen LogP contribution is -2.16. The van der Waals surface area contributed by atoms with Crippen molar-refractivity contribution in [2.75, 3.05) is 17.2 Å². The molecule has 4 nitrogen and oxygen atoms in total. The van der Waals surface area contributed by atoms with Crippen LogP contribution in [0.2, 0.25) is 5.02 Å². The highest BCUT2D eigenvalue weighted by Crippen LogP contribution is 2.25. The van der Waals surface area contributed by atoms with Crippen molar-refractivity contribution in [1.82, 2.24) is 4.98 Å². The lowest BCUT2D eigenvalue weighted by atomic mass is 10.2. The van der Waals surface area contributed by atoms with Gasteiger partial charge in [0.1, 0.15) is 0 Å². The van der Waals surface area contributed by atoms with Crippen LogP contribution in [0.3, 0.4) is 0 Å². The number of aryl methyl sites for hydroxylation is 1. The van der Waals surface area contributed by atoms with Crippen molar-refractivity contribution < 1.29 is 4.79 Å². The standard InChI is InChI=1S/C15H15ClIN3O/c1-3-18-14-6-9(2)19-8-11(14)15(21)20-13-5-4-10(17)7-12(13)16/h4-8H,3H2,1-2H3,(H,18,19)(H,20,21). The van der Waals surface area contributed by atoms with Gasteiger partial charge in [0.15, 0.2) is 0 Å². The number of nitrogens with zero attached hydrogens (tertiary/aromatic N) is 1. The summed E-state index contributed by atoms with van der Waals surface area (Å²) in [5, 5.41) is 6.50. The quantitative estimate of drug-likeness (QED) is 0.731. The Kier molecular flexibility index (Phi) is 5.41. The first-order chi connectivity index (χ1) is 10.0. The zero-order valence-electron chi connectivity index (χ0n) is 11.7. The van der Waals surface area contributed by atoms with E-state index in [9.17, 15) is 4.79 Å². The van der Waals surface area contributed by atoms with Gasteiger partial charge in [-0.3, -0.25) is 9.78 Å². The van der Waals surface area contributed by atoms with E-state index >= 15 is 0 Å². The molecule has 2 rings (SSSR count). The van der Waals surface area contributed by atoms with Gasteiger partial charge in [-0.1, -0.05) is 11.6 Å². The van der Waals surface area contributed by atoms with Crippen molar-refractivity contribution in [2.24, 2.45) is 0 Å². The van der Waals surface area contributed by atoms with Crippen molar-refractivity contribution in [1.29, 1.82) is 0 Å². The molecule has 6 heteroatoms. The topological polar surface area (TPSA) is 54.0 Å². The largest absolute Gasteiger partial charge is 0.385 e. The SMILES string of the molecule is CCNc1cc(C)ncc1C(=O)Nc1ccc(I)cc1Cl. The first-order valence-electron chi connectivity index (χ1n) is 6.48. The van der Waals surface area contributed by atoms with E-state index in [1.54, 1.807) is 18.3 Å². The third-order valence-electron chi connectivity index (χ3n) is 2.83. The van der Waals surface area contributed by atoms with Gasteiger partial charge in [0.05, 0.1) is 22.0 Å². The Morgan fingerprint density at radius 3 is 2.76 bits per heavy atom. The number of benzene rings is 1. The molecule has 1 amide bonds. The minimum absolute atomic E-state index is 0.235. The summed E-state index contributed by atoms with van der Waals surface area (Å²) in [7, 11) is 0. The summed E-state index contributed by atoms with van der Waals surface area (Å²) in [6.07, 6.45) is 1.57. The zero-order valence-corrected chi connectivity index (χ0v) is 14.6. The first-order valence-corrected chi connectivity index (χ1v) is 7.94. The molecule has 2 N–H and O–H groups in total. The molecule has 0 unspecified atom stereocenters. The number of pyridine rings is 1. The van der Waals surface area contributed by atoms with Crippen molar-refractivity contribution in [3.63, 3.8) is 0 Å². The second-order valence-corrected chi connectivity index (χ2v) is 6.13. The minimum atomic E-state index is -0.235. The maximum absolute atomic E-state index is 12.4. The third kappa shape index (κ3) is 4.07. The molecule has 2 aromatic rings. The lowest BCUT2D eigenvalue weighted by molar-refractivity contribution is 0.102. The number of aromatic nitrogens is 1. The second kappa shape index (κ2) is 7.09. The highest BCUT2D eigenvalue weighted by Gasteiger charge is 2.13. The maximum Gasteiger partial charge on any atom is 0.259 e. The van der Waals surface area contributed by atoms with Crippen LogP contribution in [0.4, 0.5) is 11.4 Å². The van der Waals surface area contributed by atoms with Gasteiger partial charge in [0, 0.05) is 22.0 Å². The Morgan fingerprint density at radius 1 is 1.33 bits per heavy atom. The summed E-state index contributed by atoms with van der Waals surface area (Å²) in [4.78, 5) is 16.6. The summed E-state index contributed by atoms with van der Waals surface area (Å²) in [6, 6.07) is 7.33. The normalized spacial score (nSPS) is 10.3. The highest BCUT2D eigenvalue weighted by atomic mass is 127. The molecule has 0 aliphatic rings. The van der Waals surface area contributed by atoms with Crippen molar-refractivity contribution in [3.8, 4) is 0 Å². The Morgan fingerprint density at radius 2 is 2.10 bits per heavy atom. The molecular weight excluding hydrogens is 401 g/mol. The van der Waals surface area contributed by atoms with E-state index in [2.05, 4.69) is 38.2 Å². The Labute approximate surface area is 142 Å². The van der Waals surface area contributed by atoms with Crippen LogP contribution in [0, 0.1) is 10.5 Å². The van der Waals surface area contributed by atoms with Gasteiger partial charge < -0.3 is 10.6 Å². The number of halogens is 2. The molecule has 110 valence electrons. The molecule has 1 aromatic heterocycles. The third-order valence-corrected chi connectivity index (χ3v) is 3.82. The van der Waals surface area contributed by atoms with Gasteiger partial charge in [0.2, 0.25) is 0 Å². The predicted octanol–water partition coefficient (Wildman–Crippen LogP) is 4.33. The predicted molar refractivity (Wildman–Crippen MR) is 95.3 cm³/mol. The molecule has 0 bridgehead atoms. The summed E-state index contributed by atoms with van der Waals surface area (Å²) < 4.78 is 1.01. The molecule has 0 saturated heterocycles. The summed E-state index contributed by atoms with van der Waals surface area (Å²) >= 11 is 8.31. The van der Waals surface area contributed by atoms with Crippen LogP contribution in [0.25, 0.3) is 0 Å². The van der Waals surface area contributed by atoms with Gasteiger partial charge in [-0.25, -0.2) is 0 Å². The smallest absolute Gasteiger partial charge is 0.259 e. The molecule has 0 radical (unpaired) electrons. The monoisotopic (exact) mass is 415 g/mol. The molecule has 21 heavy (non-hydrogen) atoms. The van der Waals surface area contributed by atoms with Crippen LogP contribution < -0.4 is 10.6 Å². The molecule has 0 saturated carbocycles. The molecule has 0 atom stereocenters. The average Bonchev–Trinajstić information content (AvgIpc) is 2.42. The van der Waals surface area contributed by atoms with Crippen molar-refractivity contribution >= 4 is 51.5 Å². The van der Waals surface area contributed by atoms with Crippen LogP contribution >= 0.6 is 34.2 Å². The van der Waals surface area contributed by atoms with E-state index in [4.69, 9.17) is 11.6 Å². The summed E-state index contributed by atoms with van der Waals surface area (Å²) in [5.41, 5.74) is 2.71. The fraction of sp³-hybridized carbons (Fsp3) is 0.200. The number of anilines is 2. The molecule has 0 aliphatic heterocycles. The molecule has 1 aromatic carbocycles. The van der Waals surface area contributed by atoms with Crippen molar-refractivity contribution in [3.05, 3.63) is 50.3 Å². The van der Waals surface area contributed by atoms with E-state index < -0.39 is 0 Å². The van der Waals surface area contributed by atoms with Gasteiger partial charge >= 0.3 is 0 Å². The number of hydrogen-bond donors (Lipinski definition) is 2. The van der Waals surface area contributed by atoms with E-state index in [0.29, 0.717) is 16.3 Å². The molecule has 0 spiro atoms. The highest BCUT2D eigenvalue weighted by molar-refractivity contribution is 14.1. The lowest BCUT2D eigenvalue weighted by Gasteiger charge is -2.12. The number of carbonyl (C=O) groups is 1. The molecule has 0 aliphatic carbocycles. The fourth-order valence-electron chi connectivity index (χ4n) is 1.86. The summed E-state index contributed by atoms with van der Waals surface area (Å²) in [6.45, 7) is 4.60. The Bertz CT molecular complexity index is 676. The van der Waals surface area contributed by atoms with E-state index in [0.717, 1.165) is 21.5 Å². The number of nitrogens with one attached hydrogen (secondary N) is 2. The molecular formula is C15H15ClIN3O. The Hall–Kier alpha value is -1.34. The first kappa shape index (κ1) is 16.0. The maximum atomic E-state index is 12.4. The van der Waals surface area contributed by atoms with Crippen LogP contribution in [0.15, 0.2) is 30.5 Å².